The molecular weight excluding hydrogens is 564 g/mol. The molecule has 0 radical (unpaired) electrons. The molecule has 2 aromatic carbocycles. The highest BCUT2D eigenvalue weighted by atomic mass is 16.6. The number of benzene rings is 2. The number of nitro benzene ring substituents is 2. The van der Waals surface area contributed by atoms with E-state index in [-0.39, 0.29) is 0 Å². The maximum absolute atomic E-state index is 11.4. The maximum Gasteiger partial charge on any atom is 0.310 e. The summed E-state index contributed by atoms with van der Waals surface area (Å²) in [6.45, 7) is 0. The van der Waals surface area contributed by atoms with Crippen LogP contribution >= 0.6 is 0 Å². The average Bonchev–Trinajstić information content (AvgIpc) is 3.79. The van der Waals surface area contributed by atoms with Gasteiger partial charge in [-0.25, -0.2) is 9.97 Å². The zero-order chi connectivity index (χ0) is 30.5. The Morgan fingerprint density at radius 3 is 1.43 bits per heavy atom. The first-order valence-corrected chi connectivity index (χ1v) is 13.3. The predicted molar refractivity (Wildman–Crippen MR) is 166 cm³/mol. The molecule has 0 spiro atoms. The van der Waals surface area contributed by atoms with Crippen LogP contribution in [0.4, 0.5) is 11.4 Å². The highest BCUT2D eigenvalue weighted by Crippen LogP contribution is 2.39. The fourth-order valence-electron chi connectivity index (χ4n) is 5.35. The number of aromatic amines is 2. The fraction of sp³-hybridized carbons (Fsp3) is 0. The van der Waals surface area contributed by atoms with Crippen LogP contribution in [0.1, 0.15) is 22.8 Å². The van der Waals surface area contributed by atoms with Gasteiger partial charge < -0.3 is 20.2 Å². The van der Waals surface area contributed by atoms with Crippen molar-refractivity contribution < 1.29 is 20.1 Å². The van der Waals surface area contributed by atoms with Crippen LogP contribution in [0.25, 0.3) is 68.6 Å². The first-order valence-electron chi connectivity index (χ1n) is 13.3. The Balaban J connectivity index is 1.59. The van der Waals surface area contributed by atoms with Gasteiger partial charge in [0.05, 0.1) is 32.6 Å². The molecule has 12 heteroatoms. The molecule has 8 bridgehead atoms. The van der Waals surface area contributed by atoms with Crippen LogP contribution in [0.2, 0.25) is 0 Å². The molecule has 0 saturated carbocycles. The summed E-state index contributed by atoms with van der Waals surface area (Å²) in [7, 11) is 0. The highest BCUT2D eigenvalue weighted by molar-refractivity contribution is 5.96. The number of nitro groups is 2. The molecule has 2 aliphatic heterocycles. The second kappa shape index (κ2) is 10.1. The van der Waals surface area contributed by atoms with E-state index in [4.69, 9.17) is 4.98 Å². The normalized spacial score (nSPS) is 12.0. The second-order valence-corrected chi connectivity index (χ2v) is 10.1. The smallest absolute Gasteiger partial charge is 0.310 e. The number of nitrogens with zero attached hydrogens (tertiary/aromatic N) is 4. The molecular formula is C32H20N6O6. The third-order valence-electron chi connectivity index (χ3n) is 7.32. The summed E-state index contributed by atoms with van der Waals surface area (Å²) < 4.78 is 0. The summed E-state index contributed by atoms with van der Waals surface area (Å²) in [5.41, 5.74) is 6.44. The number of aromatic hydroxyl groups is 2. The van der Waals surface area contributed by atoms with E-state index in [0.29, 0.717) is 44.7 Å². The van der Waals surface area contributed by atoms with E-state index in [9.17, 15) is 30.4 Å². The van der Waals surface area contributed by atoms with Gasteiger partial charge in [0.2, 0.25) is 0 Å². The summed E-state index contributed by atoms with van der Waals surface area (Å²) in [6, 6.07) is 19.4. The minimum atomic E-state index is -0.659. The van der Waals surface area contributed by atoms with Gasteiger partial charge in [0.1, 0.15) is 0 Å². The van der Waals surface area contributed by atoms with Crippen LogP contribution in [0.5, 0.6) is 11.5 Å². The highest BCUT2D eigenvalue weighted by Gasteiger charge is 2.20. The van der Waals surface area contributed by atoms with Crippen molar-refractivity contribution >= 4 is 57.7 Å². The van der Waals surface area contributed by atoms with Gasteiger partial charge in [-0.3, -0.25) is 20.2 Å². The summed E-state index contributed by atoms with van der Waals surface area (Å²) in [5, 5.41) is 43.7. The minimum Gasteiger partial charge on any atom is -0.502 e. The fourth-order valence-corrected chi connectivity index (χ4v) is 5.35. The molecule has 3 aromatic heterocycles. The topological polar surface area (TPSA) is 184 Å². The van der Waals surface area contributed by atoms with Crippen molar-refractivity contribution in [2.24, 2.45) is 0 Å². The number of hydrogen-bond acceptors (Lipinski definition) is 8. The molecule has 4 N–H and O–H groups in total. The van der Waals surface area contributed by atoms with Crippen LogP contribution in [-0.2, 0) is 0 Å². The number of phenols is 2. The molecule has 0 fully saturated rings. The van der Waals surface area contributed by atoms with Crippen molar-refractivity contribution in [3.8, 4) is 33.8 Å². The van der Waals surface area contributed by atoms with E-state index in [1.807, 2.05) is 48.6 Å². The van der Waals surface area contributed by atoms with Gasteiger partial charge >= 0.3 is 11.4 Å². The molecule has 2 aliphatic rings. The summed E-state index contributed by atoms with van der Waals surface area (Å²) >= 11 is 0. The van der Waals surface area contributed by atoms with Crippen LogP contribution < -0.4 is 0 Å². The lowest BCUT2D eigenvalue weighted by Gasteiger charge is -2.06. The molecule has 5 aromatic rings. The van der Waals surface area contributed by atoms with Crippen molar-refractivity contribution in [2.45, 2.75) is 0 Å². The number of aromatic nitrogens is 4. The Hall–Kier alpha value is -6.56. The van der Waals surface area contributed by atoms with Crippen molar-refractivity contribution in [3.05, 3.63) is 116 Å². The standard InChI is InChI=1S/C32H20N6O6/c39-29-13-17(1-11-27(29)37(41)42)31-23-7-5-21(34-23)15-19-3-4-20(33-19)16-22-6-8-24(35-22)32(26-10-9-25(31)36-26)18-2-12-28(38(43)44)30(40)14-18/h1-16,34-35,39-40H. The monoisotopic (exact) mass is 584 g/mol. The SMILES string of the molecule is O=[N+]([O-])c1ccc(-c2c3nc(c(-c4ccc([N+](=O)[O-])c(O)c4)c4ccc(cc5nc(cc6ccc2[nH]6)C=C5)[nH]4)C=C3)cc1O. The molecule has 0 aliphatic carbocycles. The van der Waals surface area contributed by atoms with E-state index in [0.717, 1.165) is 22.4 Å². The number of H-pyrrole nitrogens is 2. The van der Waals surface area contributed by atoms with E-state index in [1.54, 1.807) is 24.3 Å². The largest absolute Gasteiger partial charge is 0.502 e. The first-order chi connectivity index (χ1) is 21.2. The van der Waals surface area contributed by atoms with Gasteiger partial charge in [-0.1, -0.05) is 0 Å². The zero-order valence-corrected chi connectivity index (χ0v) is 22.6. The zero-order valence-electron chi connectivity index (χ0n) is 22.6. The number of nitrogens with one attached hydrogen (secondary N) is 2. The predicted octanol–water partition coefficient (Wildman–Crippen LogP) is 7.22. The molecule has 0 atom stereocenters. The van der Waals surface area contributed by atoms with Crippen molar-refractivity contribution in [3.63, 3.8) is 0 Å². The third kappa shape index (κ3) is 4.61. The Labute approximate surface area is 247 Å². The summed E-state index contributed by atoms with van der Waals surface area (Å²) in [5.74, 6) is -0.982. The van der Waals surface area contributed by atoms with E-state index in [1.165, 1.54) is 24.3 Å². The Morgan fingerprint density at radius 1 is 0.568 bits per heavy atom. The Kier molecular flexibility index (Phi) is 6.03. The third-order valence-corrected chi connectivity index (χ3v) is 7.32. The molecule has 12 nitrogen and oxygen atoms in total. The van der Waals surface area contributed by atoms with Gasteiger partial charge in [0.25, 0.3) is 0 Å². The van der Waals surface area contributed by atoms with E-state index >= 15 is 0 Å². The first kappa shape index (κ1) is 26.3. The van der Waals surface area contributed by atoms with Crippen molar-refractivity contribution in [1.82, 2.24) is 19.9 Å². The van der Waals surface area contributed by atoms with E-state index < -0.39 is 32.7 Å². The molecule has 214 valence electrons. The van der Waals surface area contributed by atoms with Crippen LogP contribution in [-0.4, -0.2) is 40.0 Å². The van der Waals surface area contributed by atoms with Crippen LogP contribution in [0, 0.1) is 20.2 Å². The maximum atomic E-state index is 11.4. The van der Waals surface area contributed by atoms with Gasteiger partial charge in [-0.15, -0.1) is 0 Å². The van der Waals surface area contributed by atoms with Crippen molar-refractivity contribution in [1.29, 1.82) is 0 Å². The Morgan fingerprint density at radius 2 is 1.02 bits per heavy atom. The van der Waals surface area contributed by atoms with Gasteiger partial charge in [0, 0.05) is 45.3 Å². The summed E-state index contributed by atoms with van der Waals surface area (Å²) in [4.78, 5) is 37.8. The van der Waals surface area contributed by atoms with Gasteiger partial charge in [0.15, 0.2) is 11.5 Å². The lowest BCUT2D eigenvalue weighted by atomic mass is 10.0. The van der Waals surface area contributed by atoms with Crippen LogP contribution in [0.3, 0.4) is 0 Å². The van der Waals surface area contributed by atoms with Gasteiger partial charge in [-0.2, -0.15) is 0 Å². The number of rotatable bonds is 4. The minimum absolute atomic E-state index is 0.426. The van der Waals surface area contributed by atoms with Crippen LogP contribution in [0.15, 0.2) is 72.8 Å². The van der Waals surface area contributed by atoms with E-state index in [2.05, 4.69) is 15.0 Å². The molecule has 44 heavy (non-hydrogen) atoms. The number of phenolic OH excluding ortho intramolecular Hbond substituents is 2. The second-order valence-electron chi connectivity index (χ2n) is 10.1. The summed E-state index contributed by atoms with van der Waals surface area (Å²) in [6.07, 6.45) is 7.32. The molecule has 0 amide bonds. The lowest BCUT2D eigenvalue weighted by molar-refractivity contribution is -0.386. The molecule has 0 unspecified atom stereocenters. The lowest BCUT2D eigenvalue weighted by Crippen LogP contribution is -1.91. The molecule has 5 heterocycles. The number of hydrogen-bond donors (Lipinski definition) is 4. The Bertz CT molecular complexity index is 2130. The molecule has 7 rings (SSSR count). The van der Waals surface area contributed by atoms with Crippen molar-refractivity contribution in [2.75, 3.05) is 0 Å². The van der Waals surface area contributed by atoms with Gasteiger partial charge in [-0.05, 0) is 96.1 Å². The number of fused-ring (bicyclic) bond motifs is 8. The average molecular weight is 585 g/mol. The quantitative estimate of drug-likeness (QED) is 0.123. The molecule has 0 saturated heterocycles.